The Kier molecular flexibility index (Phi) is 5.19. The van der Waals surface area contributed by atoms with Crippen LogP contribution in [0.1, 0.15) is 27.2 Å². The monoisotopic (exact) mass is 440 g/mol. The van der Waals surface area contributed by atoms with E-state index in [-0.39, 0.29) is 27.9 Å². The number of alkyl halides is 3. The molecule has 0 fully saturated rings. The van der Waals surface area contributed by atoms with Crippen molar-refractivity contribution in [3.8, 4) is 0 Å². The van der Waals surface area contributed by atoms with Gasteiger partial charge in [-0.25, -0.2) is 18.2 Å². The molecule has 0 bridgehead atoms. The summed E-state index contributed by atoms with van der Waals surface area (Å²) in [6, 6.07) is 5.61. The third-order valence-corrected chi connectivity index (χ3v) is 5.75. The molecule has 0 atom stereocenters. The molecule has 1 aromatic carbocycles. The van der Waals surface area contributed by atoms with Gasteiger partial charge >= 0.3 is 12.1 Å². The van der Waals surface area contributed by atoms with Crippen LogP contribution in [-0.4, -0.2) is 41.1 Å². The third kappa shape index (κ3) is 3.80. The summed E-state index contributed by atoms with van der Waals surface area (Å²) < 4.78 is 65.5. The normalized spacial score (nSPS) is 12.3. The van der Waals surface area contributed by atoms with Crippen LogP contribution in [-0.2, 0) is 27.4 Å². The standard InChI is InChI=1S/C19H15F3N2O5S/c1-10-15(16(25)18(26)27)13-4-3-7-23-17(13)24(10)9-11-5-6-12(30(2,28)29)8-14(11)19(20,21)22/h3-8H,9H2,1-2H3,(H,26,27). The number of aromatic nitrogens is 2. The van der Waals surface area contributed by atoms with Crippen molar-refractivity contribution in [2.24, 2.45) is 0 Å². The van der Waals surface area contributed by atoms with Gasteiger partial charge in [0, 0.05) is 30.1 Å². The molecule has 0 aliphatic heterocycles. The van der Waals surface area contributed by atoms with Crippen molar-refractivity contribution in [3.63, 3.8) is 0 Å². The summed E-state index contributed by atoms with van der Waals surface area (Å²) in [4.78, 5) is 26.9. The van der Waals surface area contributed by atoms with Crippen LogP contribution in [0.2, 0.25) is 0 Å². The number of halogens is 3. The molecular weight excluding hydrogens is 425 g/mol. The number of benzene rings is 1. The largest absolute Gasteiger partial charge is 0.475 e. The average Bonchev–Trinajstić information content (AvgIpc) is 2.91. The van der Waals surface area contributed by atoms with E-state index in [2.05, 4.69) is 4.98 Å². The fraction of sp³-hybridized carbons (Fsp3) is 0.211. The van der Waals surface area contributed by atoms with Gasteiger partial charge in [-0.2, -0.15) is 13.2 Å². The Morgan fingerprint density at radius 2 is 1.87 bits per heavy atom. The molecule has 3 aromatic rings. The lowest BCUT2D eigenvalue weighted by Crippen LogP contribution is -2.16. The number of nitrogens with zero attached hydrogens (tertiary/aromatic N) is 2. The Morgan fingerprint density at radius 1 is 1.20 bits per heavy atom. The molecule has 0 aliphatic carbocycles. The number of Topliss-reactive ketones (excluding diaryl/α,β-unsaturated/α-hetero) is 1. The van der Waals surface area contributed by atoms with Crippen LogP contribution in [0.25, 0.3) is 11.0 Å². The Morgan fingerprint density at radius 3 is 2.43 bits per heavy atom. The first-order valence-electron chi connectivity index (χ1n) is 8.44. The highest BCUT2D eigenvalue weighted by Gasteiger charge is 2.35. The summed E-state index contributed by atoms with van der Waals surface area (Å²) in [7, 11) is -3.86. The minimum absolute atomic E-state index is 0.136. The predicted octanol–water partition coefficient (Wildman–Crippen LogP) is 3.08. The first-order valence-corrected chi connectivity index (χ1v) is 10.3. The van der Waals surface area contributed by atoms with Crippen molar-refractivity contribution in [1.82, 2.24) is 9.55 Å². The fourth-order valence-corrected chi connectivity index (χ4v) is 3.89. The minimum Gasteiger partial charge on any atom is -0.475 e. The predicted molar refractivity (Wildman–Crippen MR) is 100 cm³/mol. The van der Waals surface area contributed by atoms with E-state index in [4.69, 9.17) is 5.11 Å². The number of pyridine rings is 1. The molecule has 1 N–H and O–H groups in total. The number of ketones is 1. The Bertz CT molecular complexity index is 1290. The Hall–Kier alpha value is -3.21. The van der Waals surface area contributed by atoms with E-state index >= 15 is 0 Å². The van der Waals surface area contributed by atoms with Crippen LogP contribution in [0, 0.1) is 6.92 Å². The lowest BCUT2D eigenvalue weighted by molar-refractivity contribution is -0.138. The number of carboxylic acids is 1. The van der Waals surface area contributed by atoms with Crippen molar-refractivity contribution < 1.29 is 36.3 Å². The maximum Gasteiger partial charge on any atom is 0.416 e. The number of aliphatic carboxylic acids is 1. The van der Waals surface area contributed by atoms with Gasteiger partial charge in [0.05, 0.1) is 16.0 Å². The molecule has 0 radical (unpaired) electrons. The molecule has 2 aromatic heterocycles. The van der Waals surface area contributed by atoms with E-state index < -0.39 is 44.8 Å². The maximum atomic E-state index is 13.6. The van der Waals surface area contributed by atoms with E-state index in [0.717, 1.165) is 18.4 Å². The first-order chi connectivity index (χ1) is 13.8. The zero-order chi connectivity index (χ0) is 22.4. The van der Waals surface area contributed by atoms with E-state index in [1.807, 2.05) is 0 Å². The molecule has 0 unspecified atom stereocenters. The summed E-state index contributed by atoms with van der Waals surface area (Å²) in [5.41, 5.74) is -1.29. The summed E-state index contributed by atoms with van der Waals surface area (Å²) >= 11 is 0. The highest BCUT2D eigenvalue weighted by Crippen LogP contribution is 2.35. The van der Waals surface area contributed by atoms with E-state index in [0.29, 0.717) is 6.07 Å². The number of carboxylic acid groups (broad SMARTS) is 1. The molecule has 3 rings (SSSR count). The molecule has 0 saturated carbocycles. The molecular formula is C19H15F3N2O5S. The summed E-state index contributed by atoms with van der Waals surface area (Å²) in [6.07, 6.45) is -2.66. The lowest BCUT2D eigenvalue weighted by atomic mass is 10.1. The number of hydrogen-bond acceptors (Lipinski definition) is 5. The van der Waals surface area contributed by atoms with Crippen LogP contribution in [0.4, 0.5) is 13.2 Å². The van der Waals surface area contributed by atoms with Gasteiger partial charge in [-0.15, -0.1) is 0 Å². The van der Waals surface area contributed by atoms with Gasteiger partial charge in [-0.05, 0) is 36.8 Å². The number of fused-ring (bicyclic) bond motifs is 1. The van der Waals surface area contributed by atoms with Crippen molar-refractivity contribution >= 4 is 32.6 Å². The molecule has 2 heterocycles. The highest BCUT2D eigenvalue weighted by molar-refractivity contribution is 7.90. The number of rotatable bonds is 5. The van der Waals surface area contributed by atoms with Crippen molar-refractivity contribution in [3.05, 3.63) is 58.9 Å². The number of hydrogen-bond donors (Lipinski definition) is 1. The Labute approximate surface area is 168 Å². The van der Waals surface area contributed by atoms with Gasteiger partial charge in [-0.3, -0.25) is 4.79 Å². The summed E-state index contributed by atoms with van der Waals surface area (Å²) in [5.74, 6) is -2.90. The van der Waals surface area contributed by atoms with Crippen LogP contribution in [0.3, 0.4) is 0 Å². The molecule has 158 valence electrons. The molecule has 0 spiro atoms. The smallest absolute Gasteiger partial charge is 0.416 e. The molecule has 0 amide bonds. The number of carbonyl (C=O) groups is 2. The quantitative estimate of drug-likeness (QED) is 0.483. The van der Waals surface area contributed by atoms with Crippen molar-refractivity contribution in [2.75, 3.05) is 6.26 Å². The van der Waals surface area contributed by atoms with Gasteiger partial charge in [0.25, 0.3) is 5.78 Å². The Balaban J connectivity index is 2.24. The number of sulfone groups is 1. The van der Waals surface area contributed by atoms with E-state index in [1.54, 1.807) is 0 Å². The lowest BCUT2D eigenvalue weighted by Gasteiger charge is -2.16. The summed E-state index contributed by atoms with van der Waals surface area (Å²) in [5, 5.41) is 9.29. The molecule has 0 saturated heterocycles. The molecule has 30 heavy (non-hydrogen) atoms. The second-order valence-electron chi connectivity index (χ2n) is 6.64. The van der Waals surface area contributed by atoms with E-state index in [9.17, 15) is 31.2 Å². The second-order valence-corrected chi connectivity index (χ2v) is 8.66. The minimum atomic E-state index is -4.83. The van der Waals surface area contributed by atoms with Crippen LogP contribution >= 0.6 is 0 Å². The van der Waals surface area contributed by atoms with Crippen molar-refractivity contribution in [2.45, 2.75) is 24.5 Å². The molecule has 7 nitrogen and oxygen atoms in total. The molecule has 11 heteroatoms. The zero-order valence-electron chi connectivity index (χ0n) is 15.7. The van der Waals surface area contributed by atoms with Gasteiger partial charge in [0.1, 0.15) is 5.65 Å². The second kappa shape index (κ2) is 7.24. The van der Waals surface area contributed by atoms with Gasteiger partial charge in [0.2, 0.25) is 0 Å². The fourth-order valence-electron chi connectivity index (χ4n) is 3.24. The van der Waals surface area contributed by atoms with Crippen LogP contribution in [0.15, 0.2) is 41.4 Å². The van der Waals surface area contributed by atoms with Gasteiger partial charge < -0.3 is 9.67 Å². The van der Waals surface area contributed by atoms with Crippen LogP contribution in [0.5, 0.6) is 0 Å². The van der Waals surface area contributed by atoms with Gasteiger partial charge in [-0.1, -0.05) is 6.07 Å². The van der Waals surface area contributed by atoms with Gasteiger partial charge in [0.15, 0.2) is 9.84 Å². The van der Waals surface area contributed by atoms with E-state index in [1.165, 1.54) is 29.8 Å². The topological polar surface area (TPSA) is 106 Å². The molecule has 0 aliphatic rings. The highest BCUT2D eigenvalue weighted by atomic mass is 32.2. The first kappa shape index (κ1) is 21.5. The SMILES string of the molecule is Cc1c(C(=O)C(=O)O)c2cccnc2n1Cc1ccc(S(C)(=O)=O)cc1C(F)(F)F. The summed E-state index contributed by atoms with van der Waals surface area (Å²) in [6.45, 7) is 1.01. The average molecular weight is 440 g/mol. The number of carbonyl (C=O) groups excluding carboxylic acids is 1. The van der Waals surface area contributed by atoms with Crippen molar-refractivity contribution in [1.29, 1.82) is 0 Å². The van der Waals surface area contributed by atoms with Crippen LogP contribution < -0.4 is 0 Å². The zero-order valence-corrected chi connectivity index (χ0v) is 16.5. The third-order valence-electron chi connectivity index (χ3n) is 4.64. The maximum absolute atomic E-state index is 13.6.